The number of aromatic nitrogens is 3. The smallest absolute Gasteiger partial charge is 0.332 e. The van der Waals surface area contributed by atoms with E-state index in [1.165, 1.54) is 12.1 Å². The van der Waals surface area contributed by atoms with Crippen LogP contribution in [0.15, 0.2) is 36.5 Å². The molecule has 0 spiro atoms. The fourth-order valence-electron chi connectivity index (χ4n) is 5.50. The average Bonchev–Trinajstić information content (AvgIpc) is 3.58. The van der Waals surface area contributed by atoms with E-state index in [1.807, 2.05) is 10.6 Å². The predicted octanol–water partition coefficient (Wildman–Crippen LogP) is 4.64. The maximum atomic E-state index is 16.1. The van der Waals surface area contributed by atoms with Crippen molar-refractivity contribution >= 4 is 27.8 Å². The van der Waals surface area contributed by atoms with Crippen LogP contribution in [0.4, 0.5) is 8.78 Å². The van der Waals surface area contributed by atoms with Gasteiger partial charge in [-0.05, 0) is 55.2 Å². The first-order chi connectivity index (χ1) is 16.5. The SMILES string of the molecule is O=C(O)[C@H]1C[C@H](c2c(C3CCOCC3)n(-c3ccc(F)cc3)c3cc4cn[nH]c4c(F)c23)CO1. The minimum absolute atomic E-state index is 0.0703. The molecule has 0 radical (unpaired) electrons. The van der Waals surface area contributed by atoms with Crippen molar-refractivity contribution in [1.29, 1.82) is 0 Å². The highest BCUT2D eigenvalue weighted by Gasteiger charge is 2.38. The molecule has 0 saturated carbocycles. The van der Waals surface area contributed by atoms with Gasteiger partial charge in [-0.1, -0.05) is 0 Å². The molecule has 2 saturated heterocycles. The van der Waals surface area contributed by atoms with E-state index in [0.29, 0.717) is 35.0 Å². The van der Waals surface area contributed by atoms with Gasteiger partial charge in [0.25, 0.3) is 0 Å². The van der Waals surface area contributed by atoms with Gasteiger partial charge in [-0.15, -0.1) is 0 Å². The average molecular weight is 467 g/mol. The molecule has 2 aliphatic heterocycles. The molecule has 0 aliphatic carbocycles. The van der Waals surface area contributed by atoms with Gasteiger partial charge in [-0.2, -0.15) is 5.10 Å². The molecule has 7 nitrogen and oxygen atoms in total. The number of aliphatic carboxylic acids is 1. The van der Waals surface area contributed by atoms with Crippen LogP contribution >= 0.6 is 0 Å². The lowest BCUT2D eigenvalue weighted by molar-refractivity contribution is -0.147. The summed E-state index contributed by atoms with van der Waals surface area (Å²) in [4.78, 5) is 11.6. The number of hydrogen-bond acceptors (Lipinski definition) is 4. The second-order valence-corrected chi connectivity index (χ2v) is 9.01. The molecule has 4 aromatic rings. The standard InChI is InChI=1S/C25H23F2N3O4/c26-16-1-3-17(4-2-16)30-18-9-14-11-28-29-23(14)22(27)21(18)20(15-10-19(25(31)32)34-12-15)24(30)13-5-7-33-8-6-13/h1-4,9,11,13,15,19H,5-8,10,12H2,(H,28,29)(H,31,32)/t15-,19+/m0/s1. The zero-order valence-corrected chi connectivity index (χ0v) is 18.3. The second-order valence-electron chi connectivity index (χ2n) is 9.01. The lowest BCUT2D eigenvalue weighted by atomic mass is 9.86. The Balaban J connectivity index is 1.69. The zero-order valence-electron chi connectivity index (χ0n) is 18.3. The fourth-order valence-corrected chi connectivity index (χ4v) is 5.50. The Kier molecular flexibility index (Phi) is 5.11. The van der Waals surface area contributed by atoms with Gasteiger partial charge in [-0.3, -0.25) is 5.10 Å². The summed E-state index contributed by atoms with van der Waals surface area (Å²) in [7, 11) is 0. The maximum absolute atomic E-state index is 16.1. The molecular formula is C25H23F2N3O4. The quantitative estimate of drug-likeness (QED) is 0.457. The Morgan fingerprint density at radius 1 is 1.15 bits per heavy atom. The van der Waals surface area contributed by atoms with Crippen LogP contribution in [-0.4, -0.2) is 51.8 Å². The number of benzene rings is 2. The molecule has 2 aromatic heterocycles. The van der Waals surface area contributed by atoms with Gasteiger partial charge >= 0.3 is 5.97 Å². The zero-order chi connectivity index (χ0) is 23.4. The molecule has 2 N–H and O–H groups in total. The highest BCUT2D eigenvalue weighted by atomic mass is 19.1. The number of H-pyrrole nitrogens is 1. The molecule has 34 heavy (non-hydrogen) atoms. The van der Waals surface area contributed by atoms with Crippen molar-refractivity contribution in [3.8, 4) is 5.69 Å². The van der Waals surface area contributed by atoms with Crippen molar-refractivity contribution in [2.75, 3.05) is 19.8 Å². The number of rotatable bonds is 4. The highest BCUT2D eigenvalue weighted by Crippen LogP contribution is 2.46. The number of halogens is 2. The van der Waals surface area contributed by atoms with Crippen molar-refractivity contribution in [3.05, 3.63) is 59.4 Å². The summed E-state index contributed by atoms with van der Waals surface area (Å²) < 4.78 is 43.1. The Morgan fingerprint density at radius 3 is 2.62 bits per heavy atom. The van der Waals surface area contributed by atoms with Crippen LogP contribution in [0.25, 0.3) is 27.5 Å². The fraction of sp³-hybridized carbons (Fsp3) is 0.360. The molecule has 6 rings (SSSR count). The van der Waals surface area contributed by atoms with Crippen LogP contribution in [0, 0.1) is 11.6 Å². The summed E-state index contributed by atoms with van der Waals surface area (Å²) >= 11 is 0. The number of carboxylic acids is 1. The van der Waals surface area contributed by atoms with E-state index in [2.05, 4.69) is 10.2 Å². The summed E-state index contributed by atoms with van der Waals surface area (Å²) in [6, 6.07) is 8.03. The molecule has 0 bridgehead atoms. The minimum atomic E-state index is -1.02. The third-order valence-electron chi connectivity index (χ3n) is 7.06. The van der Waals surface area contributed by atoms with Gasteiger partial charge in [0.15, 0.2) is 11.9 Å². The second kappa shape index (κ2) is 8.18. The number of ether oxygens (including phenoxy) is 2. The van der Waals surface area contributed by atoms with Crippen molar-refractivity contribution in [1.82, 2.24) is 14.8 Å². The van der Waals surface area contributed by atoms with Gasteiger partial charge < -0.3 is 19.1 Å². The number of nitrogens with one attached hydrogen (secondary N) is 1. The molecule has 0 unspecified atom stereocenters. The topological polar surface area (TPSA) is 89.4 Å². The summed E-state index contributed by atoms with van der Waals surface area (Å²) in [6.45, 7) is 1.36. The van der Waals surface area contributed by atoms with Crippen LogP contribution in [-0.2, 0) is 14.3 Å². The van der Waals surface area contributed by atoms with Crippen molar-refractivity contribution in [2.24, 2.45) is 0 Å². The monoisotopic (exact) mass is 467 g/mol. The first kappa shape index (κ1) is 21.2. The van der Waals surface area contributed by atoms with Crippen LogP contribution < -0.4 is 0 Å². The Hall–Kier alpha value is -3.30. The first-order valence-corrected chi connectivity index (χ1v) is 11.4. The summed E-state index contributed by atoms with van der Waals surface area (Å²) in [5, 5.41) is 17.3. The van der Waals surface area contributed by atoms with Crippen LogP contribution in [0.3, 0.4) is 0 Å². The van der Waals surface area contributed by atoms with Gasteiger partial charge in [0.05, 0.1) is 18.3 Å². The third kappa shape index (κ3) is 3.30. The van der Waals surface area contributed by atoms with E-state index >= 15 is 4.39 Å². The number of nitrogens with zero attached hydrogens (tertiary/aromatic N) is 2. The van der Waals surface area contributed by atoms with Gasteiger partial charge in [-0.25, -0.2) is 13.6 Å². The van der Waals surface area contributed by atoms with E-state index in [4.69, 9.17) is 9.47 Å². The molecule has 2 atom stereocenters. The molecule has 2 aliphatic rings. The molecule has 2 fully saturated rings. The largest absolute Gasteiger partial charge is 0.479 e. The minimum Gasteiger partial charge on any atom is -0.479 e. The molecule has 9 heteroatoms. The Morgan fingerprint density at radius 2 is 1.91 bits per heavy atom. The number of carboxylic acid groups (broad SMARTS) is 1. The maximum Gasteiger partial charge on any atom is 0.332 e. The van der Waals surface area contributed by atoms with Crippen LogP contribution in [0.1, 0.15) is 42.4 Å². The van der Waals surface area contributed by atoms with Crippen LogP contribution in [0.5, 0.6) is 0 Å². The van der Waals surface area contributed by atoms with E-state index < -0.39 is 17.9 Å². The predicted molar refractivity (Wildman–Crippen MR) is 120 cm³/mol. The van der Waals surface area contributed by atoms with Gasteiger partial charge in [0, 0.05) is 47.2 Å². The molecule has 0 amide bonds. The summed E-state index contributed by atoms with van der Waals surface area (Å²) in [5.41, 5.74) is 3.36. The van der Waals surface area contributed by atoms with E-state index in [0.717, 1.165) is 29.8 Å². The van der Waals surface area contributed by atoms with Crippen molar-refractivity contribution in [2.45, 2.75) is 37.2 Å². The molecule has 2 aromatic carbocycles. The van der Waals surface area contributed by atoms with Crippen molar-refractivity contribution in [3.63, 3.8) is 0 Å². The van der Waals surface area contributed by atoms with Gasteiger partial charge in [0.2, 0.25) is 0 Å². The van der Waals surface area contributed by atoms with Crippen LogP contribution in [0.2, 0.25) is 0 Å². The molecule has 4 heterocycles. The van der Waals surface area contributed by atoms with E-state index in [1.54, 1.807) is 18.3 Å². The number of carbonyl (C=O) groups is 1. The molecular weight excluding hydrogens is 444 g/mol. The number of hydrogen-bond donors (Lipinski definition) is 2. The van der Waals surface area contributed by atoms with Crippen molar-refractivity contribution < 1.29 is 28.2 Å². The lowest BCUT2D eigenvalue weighted by Gasteiger charge is -2.26. The van der Waals surface area contributed by atoms with E-state index in [9.17, 15) is 14.3 Å². The first-order valence-electron chi connectivity index (χ1n) is 11.4. The summed E-state index contributed by atoms with van der Waals surface area (Å²) in [6.07, 6.45) is 2.40. The number of aromatic amines is 1. The normalized spacial score (nSPS) is 21.6. The number of fused-ring (bicyclic) bond motifs is 2. The highest BCUT2D eigenvalue weighted by molar-refractivity contribution is 6.00. The lowest BCUT2D eigenvalue weighted by Crippen LogP contribution is -2.19. The third-order valence-corrected chi connectivity index (χ3v) is 7.06. The Labute approximate surface area is 193 Å². The summed E-state index contributed by atoms with van der Waals surface area (Å²) in [5.74, 6) is -2.02. The Bertz CT molecular complexity index is 1390. The molecule has 176 valence electrons. The van der Waals surface area contributed by atoms with E-state index in [-0.39, 0.29) is 30.7 Å². The van der Waals surface area contributed by atoms with Gasteiger partial charge in [0.1, 0.15) is 11.3 Å².